The van der Waals surface area contributed by atoms with Gasteiger partial charge in [-0.1, -0.05) is 54.1 Å². The molecule has 0 bridgehead atoms. The predicted octanol–water partition coefficient (Wildman–Crippen LogP) is 8.85. The smallest absolute Gasteiger partial charge is 0.399 e. The second-order valence-electron chi connectivity index (χ2n) is 9.11. The van der Waals surface area contributed by atoms with Crippen molar-refractivity contribution in [2.45, 2.75) is 33.9 Å². The third kappa shape index (κ3) is 6.15. The highest BCUT2D eigenvalue weighted by Gasteiger charge is 2.34. The van der Waals surface area contributed by atoms with E-state index in [1.807, 2.05) is 44.2 Å². The molecule has 37 heavy (non-hydrogen) atoms. The quantitative estimate of drug-likeness (QED) is 0.216. The molecule has 188 valence electrons. The molecule has 0 aliphatic rings. The van der Waals surface area contributed by atoms with Gasteiger partial charge in [0.1, 0.15) is 0 Å². The summed E-state index contributed by atoms with van der Waals surface area (Å²) in [6.07, 6.45) is -4.54. The Morgan fingerprint density at radius 3 is 1.65 bits per heavy atom. The zero-order chi connectivity index (χ0) is 26.7. The normalized spacial score (nSPS) is 12.6. The lowest BCUT2D eigenvalue weighted by Crippen LogP contribution is -2.07. The van der Waals surface area contributed by atoms with Gasteiger partial charge in [-0.05, 0) is 91.9 Å². The van der Waals surface area contributed by atoms with Gasteiger partial charge in [0.2, 0.25) is 0 Å². The van der Waals surface area contributed by atoms with Crippen molar-refractivity contribution in [2.24, 2.45) is 9.98 Å². The van der Waals surface area contributed by atoms with E-state index in [4.69, 9.17) is 5.73 Å². The summed E-state index contributed by atoms with van der Waals surface area (Å²) >= 11 is 0. The van der Waals surface area contributed by atoms with Gasteiger partial charge in [-0.2, -0.15) is 13.2 Å². The molecule has 0 radical (unpaired) electrons. The second-order valence-corrected chi connectivity index (χ2v) is 9.11. The van der Waals surface area contributed by atoms with Gasteiger partial charge in [0, 0.05) is 17.1 Å². The van der Waals surface area contributed by atoms with Crippen LogP contribution < -0.4 is 5.73 Å². The van der Waals surface area contributed by atoms with Gasteiger partial charge in [-0.15, -0.1) is 0 Å². The van der Waals surface area contributed by atoms with E-state index in [2.05, 4.69) is 9.98 Å². The molecule has 4 rings (SSSR count). The van der Waals surface area contributed by atoms with Crippen LogP contribution in [0, 0.1) is 13.8 Å². The van der Waals surface area contributed by atoms with Crippen LogP contribution in [-0.2, 0) is 6.18 Å². The van der Waals surface area contributed by atoms with Gasteiger partial charge in [0.05, 0.1) is 16.9 Å². The molecule has 0 heterocycles. The minimum Gasteiger partial charge on any atom is -0.399 e. The van der Waals surface area contributed by atoms with Gasteiger partial charge in [0.15, 0.2) is 0 Å². The largest absolute Gasteiger partial charge is 0.417 e. The molecule has 4 aromatic carbocycles. The van der Waals surface area contributed by atoms with E-state index >= 15 is 0 Å². The minimum absolute atomic E-state index is 0.111. The maximum Gasteiger partial charge on any atom is 0.417 e. The molecule has 6 heteroatoms. The molecular formula is C31H28F3N3. The Kier molecular flexibility index (Phi) is 7.30. The Balaban J connectivity index is 1.69. The maximum atomic E-state index is 14.1. The Hall–Kier alpha value is -4.19. The summed E-state index contributed by atoms with van der Waals surface area (Å²) in [7, 11) is 0. The molecule has 0 aliphatic carbocycles. The van der Waals surface area contributed by atoms with Crippen LogP contribution in [0.4, 0.5) is 30.2 Å². The first-order valence-corrected chi connectivity index (χ1v) is 11.9. The van der Waals surface area contributed by atoms with Crippen LogP contribution in [0.1, 0.15) is 41.7 Å². The zero-order valence-electron chi connectivity index (χ0n) is 21.2. The van der Waals surface area contributed by atoms with Crippen LogP contribution in [0.5, 0.6) is 0 Å². The molecule has 0 saturated carbocycles. The number of hydrogen-bond donors (Lipinski definition) is 1. The number of hydrogen-bond acceptors (Lipinski definition) is 3. The van der Waals surface area contributed by atoms with Crippen molar-refractivity contribution < 1.29 is 13.2 Å². The third-order valence-electron chi connectivity index (χ3n) is 6.20. The summed E-state index contributed by atoms with van der Waals surface area (Å²) in [5.74, 6) is 0. The van der Waals surface area contributed by atoms with E-state index in [0.717, 1.165) is 28.5 Å². The molecule has 0 fully saturated rings. The fraction of sp³-hybridized carbons (Fsp3) is 0.161. The van der Waals surface area contributed by atoms with E-state index < -0.39 is 11.7 Å². The van der Waals surface area contributed by atoms with Gasteiger partial charge in [-0.3, -0.25) is 9.98 Å². The predicted molar refractivity (Wildman–Crippen MR) is 147 cm³/mol. The maximum absolute atomic E-state index is 14.1. The van der Waals surface area contributed by atoms with E-state index in [0.29, 0.717) is 28.2 Å². The van der Waals surface area contributed by atoms with Crippen molar-refractivity contribution in [2.75, 3.05) is 5.73 Å². The Morgan fingerprint density at radius 1 is 0.649 bits per heavy atom. The average molecular weight is 500 g/mol. The monoisotopic (exact) mass is 499 g/mol. The van der Waals surface area contributed by atoms with Crippen molar-refractivity contribution in [1.82, 2.24) is 0 Å². The van der Waals surface area contributed by atoms with Crippen molar-refractivity contribution in [3.05, 3.63) is 113 Å². The first-order chi connectivity index (χ1) is 17.5. The number of aliphatic imine (C=N–C) groups is 2. The number of alkyl halides is 3. The average Bonchev–Trinajstić information content (AvgIpc) is 2.84. The SMILES string of the molecule is CC(=Nc1ccc(-c2ccc(N=C(C)c3ccc(N)cc3)cc2C(F)(F)F)c(C)c1)c1ccc(C)cc1. The number of rotatable bonds is 5. The van der Waals surface area contributed by atoms with E-state index in [1.54, 1.807) is 56.3 Å². The minimum atomic E-state index is -4.54. The number of anilines is 1. The molecule has 0 aromatic heterocycles. The lowest BCUT2D eigenvalue weighted by Gasteiger charge is -2.16. The molecule has 4 aromatic rings. The van der Waals surface area contributed by atoms with Gasteiger partial charge < -0.3 is 5.73 Å². The van der Waals surface area contributed by atoms with E-state index in [9.17, 15) is 13.2 Å². The van der Waals surface area contributed by atoms with Crippen LogP contribution >= 0.6 is 0 Å². The molecule has 0 atom stereocenters. The Morgan fingerprint density at radius 2 is 1.14 bits per heavy atom. The standard InChI is InChI=1S/C31H28F3N3/c1-19-5-7-23(8-6-19)21(3)36-26-13-15-28(20(2)17-26)29-16-14-27(18-30(29)31(32,33)34)37-22(4)24-9-11-25(35)12-10-24/h5-18H,35H2,1-4H3. The summed E-state index contributed by atoms with van der Waals surface area (Å²) in [6, 6.07) is 24.6. The summed E-state index contributed by atoms with van der Waals surface area (Å²) in [6.45, 7) is 7.50. The Bertz CT molecular complexity index is 1480. The Labute approximate surface area is 215 Å². The molecule has 2 N–H and O–H groups in total. The number of aryl methyl sites for hydroxylation is 2. The van der Waals surface area contributed by atoms with Gasteiger partial charge in [-0.25, -0.2) is 0 Å². The highest BCUT2D eigenvalue weighted by Crippen LogP contribution is 2.41. The second kappa shape index (κ2) is 10.4. The van der Waals surface area contributed by atoms with E-state index in [-0.39, 0.29) is 11.3 Å². The van der Waals surface area contributed by atoms with Crippen molar-refractivity contribution in [1.29, 1.82) is 0 Å². The summed E-state index contributed by atoms with van der Waals surface area (Å²) in [5.41, 5.74) is 12.2. The first kappa shape index (κ1) is 25.9. The van der Waals surface area contributed by atoms with Crippen LogP contribution in [0.15, 0.2) is 94.9 Å². The highest BCUT2D eigenvalue weighted by molar-refractivity contribution is 6.01. The van der Waals surface area contributed by atoms with Gasteiger partial charge in [0.25, 0.3) is 0 Å². The molecule has 0 spiro atoms. The summed E-state index contributed by atoms with van der Waals surface area (Å²) < 4.78 is 42.4. The van der Waals surface area contributed by atoms with Crippen molar-refractivity contribution in [3.8, 4) is 11.1 Å². The lowest BCUT2D eigenvalue weighted by atomic mass is 9.94. The fourth-order valence-electron chi connectivity index (χ4n) is 4.13. The van der Waals surface area contributed by atoms with Crippen molar-refractivity contribution in [3.63, 3.8) is 0 Å². The van der Waals surface area contributed by atoms with Crippen LogP contribution in [-0.4, -0.2) is 11.4 Å². The summed E-state index contributed by atoms with van der Waals surface area (Å²) in [5, 5.41) is 0. The summed E-state index contributed by atoms with van der Waals surface area (Å²) in [4.78, 5) is 9.10. The number of nitrogens with two attached hydrogens (primary N) is 1. The molecular weight excluding hydrogens is 471 g/mol. The fourth-order valence-corrected chi connectivity index (χ4v) is 4.13. The van der Waals surface area contributed by atoms with Crippen molar-refractivity contribution >= 4 is 28.5 Å². The third-order valence-corrected chi connectivity index (χ3v) is 6.20. The van der Waals surface area contributed by atoms with Crippen LogP contribution in [0.3, 0.4) is 0 Å². The lowest BCUT2D eigenvalue weighted by molar-refractivity contribution is -0.137. The topological polar surface area (TPSA) is 50.7 Å². The number of benzene rings is 4. The number of nitrogens with zero attached hydrogens (tertiary/aromatic N) is 2. The highest BCUT2D eigenvalue weighted by atomic mass is 19.4. The molecule has 0 amide bonds. The number of nitrogen functional groups attached to an aromatic ring is 1. The molecule has 0 saturated heterocycles. The van der Waals surface area contributed by atoms with E-state index in [1.165, 1.54) is 6.07 Å². The molecule has 0 aliphatic heterocycles. The number of halogens is 3. The van der Waals surface area contributed by atoms with Crippen LogP contribution in [0.25, 0.3) is 11.1 Å². The van der Waals surface area contributed by atoms with Crippen LogP contribution in [0.2, 0.25) is 0 Å². The first-order valence-electron chi connectivity index (χ1n) is 11.9. The zero-order valence-corrected chi connectivity index (χ0v) is 21.2. The molecule has 0 unspecified atom stereocenters. The van der Waals surface area contributed by atoms with Gasteiger partial charge >= 0.3 is 6.18 Å². The molecule has 3 nitrogen and oxygen atoms in total.